The maximum Gasteiger partial charge on any atom is 0.241 e. The first-order valence-electron chi connectivity index (χ1n) is 7.47. The molecule has 3 heterocycles. The number of aryl methyl sites for hydroxylation is 1. The first kappa shape index (κ1) is 13.3. The molecule has 1 amide bonds. The average molecular weight is 298 g/mol. The number of carbonyl (C=O) groups is 1. The number of para-hydroxylation sites is 2. The number of hydrogen-bond acceptors (Lipinski definition) is 4. The van der Waals surface area contributed by atoms with Crippen LogP contribution in [-0.2, 0) is 18.4 Å². The highest BCUT2D eigenvalue weighted by Gasteiger charge is 2.40. The predicted octanol–water partition coefficient (Wildman–Crippen LogP) is 1.39. The van der Waals surface area contributed by atoms with Crippen LogP contribution in [0.2, 0.25) is 0 Å². The topological polar surface area (TPSA) is 59.4 Å². The number of amides is 1. The van der Waals surface area contributed by atoms with E-state index in [1.54, 1.807) is 6.20 Å². The Kier molecular flexibility index (Phi) is 3.11. The third-order valence-corrected chi connectivity index (χ3v) is 4.37. The summed E-state index contributed by atoms with van der Waals surface area (Å²) in [5.74, 6) is 1.74. The van der Waals surface area contributed by atoms with Gasteiger partial charge in [-0.1, -0.05) is 12.1 Å². The highest BCUT2D eigenvalue weighted by Crippen LogP contribution is 2.32. The number of nitrogens with zero attached hydrogens (tertiary/aromatic N) is 3. The molecule has 22 heavy (non-hydrogen) atoms. The lowest BCUT2D eigenvalue weighted by Crippen LogP contribution is -2.39. The lowest BCUT2D eigenvalue weighted by molar-refractivity contribution is -0.120. The fourth-order valence-electron chi connectivity index (χ4n) is 3.19. The Morgan fingerprint density at radius 3 is 3.09 bits per heavy atom. The molecule has 0 saturated carbocycles. The summed E-state index contributed by atoms with van der Waals surface area (Å²) < 4.78 is 8.06. The molecule has 2 aliphatic heterocycles. The normalized spacial score (nSPS) is 24.1. The second-order valence-electron chi connectivity index (χ2n) is 5.86. The SMILES string of the molecule is Cn1ccnc1CN1C[C@@H]2C[C@H]1C(=O)Nc1ccccc1O2. The van der Waals surface area contributed by atoms with E-state index in [0.29, 0.717) is 13.0 Å². The van der Waals surface area contributed by atoms with Gasteiger partial charge in [-0.2, -0.15) is 0 Å². The van der Waals surface area contributed by atoms with Crippen LogP contribution in [0.3, 0.4) is 0 Å². The van der Waals surface area contributed by atoms with Crippen LogP contribution in [0.5, 0.6) is 5.75 Å². The van der Waals surface area contributed by atoms with Gasteiger partial charge in [-0.3, -0.25) is 9.69 Å². The monoisotopic (exact) mass is 298 g/mol. The lowest BCUT2D eigenvalue weighted by Gasteiger charge is -2.23. The number of likely N-dealkylation sites (tertiary alicyclic amines) is 1. The van der Waals surface area contributed by atoms with Crippen molar-refractivity contribution >= 4 is 11.6 Å². The van der Waals surface area contributed by atoms with E-state index < -0.39 is 0 Å². The molecule has 6 heteroatoms. The number of rotatable bonds is 2. The van der Waals surface area contributed by atoms with Crippen molar-refractivity contribution in [1.29, 1.82) is 0 Å². The van der Waals surface area contributed by atoms with Crippen LogP contribution in [0.15, 0.2) is 36.7 Å². The molecule has 0 unspecified atom stereocenters. The van der Waals surface area contributed by atoms with Crippen LogP contribution in [0, 0.1) is 0 Å². The van der Waals surface area contributed by atoms with Crippen LogP contribution in [-0.4, -0.2) is 39.0 Å². The van der Waals surface area contributed by atoms with Crippen molar-refractivity contribution < 1.29 is 9.53 Å². The molecule has 2 aliphatic rings. The molecule has 2 bridgehead atoms. The van der Waals surface area contributed by atoms with Gasteiger partial charge >= 0.3 is 0 Å². The molecule has 1 saturated heterocycles. The van der Waals surface area contributed by atoms with E-state index in [1.165, 1.54) is 0 Å². The van der Waals surface area contributed by atoms with Crippen LogP contribution in [0.25, 0.3) is 0 Å². The molecule has 1 N–H and O–H groups in total. The van der Waals surface area contributed by atoms with Crippen molar-refractivity contribution in [1.82, 2.24) is 14.5 Å². The maximum absolute atomic E-state index is 12.6. The Balaban J connectivity index is 1.60. The quantitative estimate of drug-likeness (QED) is 0.910. The predicted molar refractivity (Wildman–Crippen MR) is 81.5 cm³/mol. The van der Waals surface area contributed by atoms with E-state index in [-0.39, 0.29) is 18.1 Å². The molecular formula is C16H18N4O2. The molecule has 1 aromatic carbocycles. The zero-order valence-electron chi connectivity index (χ0n) is 12.4. The molecule has 1 fully saturated rings. The molecule has 4 rings (SSSR count). The van der Waals surface area contributed by atoms with E-state index in [2.05, 4.69) is 15.2 Å². The summed E-state index contributed by atoms with van der Waals surface area (Å²) >= 11 is 0. The molecule has 0 spiro atoms. The van der Waals surface area contributed by atoms with E-state index in [9.17, 15) is 4.79 Å². The summed E-state index contributed by atoms with van der Waals surface area (Å²) in [6.45, 7) is 1.39. The van der Waals surface area contributed by atoms with Crippen molar-refractivity contribution in [2.75, 3.05) is 11.9 Å². The van der Waals surface area contributed by atoms with E-state index >= 15 is 0 Å². The van der Waals surface area contributed by atoms with Gasteiger partial charge in [-0.15, -0.1) is 0 Å². The number of ether oxygens (including phenoxy) is 1. The van der Waals surface area contributed by atoms with Gasteiger partial charge in [0.15, 0.2) is 0 Å². The van der Waals surface area contributed by atoms with Crippen LogP contribution >= 0.6 is 0 Å². The Hall–Kier alpha value is -2.34. The molecule has 0 radical (unpaired) electrons. The number of imidazole rings is 1. The first-order valence-corrected chi connectivity index (χ1v) is 7.47. The number of aromatic nitrogens is 2. The van der Waals surface area contributed by atoms with Crippen molar-refractivity contribution in [3.05, 3.63) is 42.5 Å². The number of hydrogen-bond donors (Lipinski definition) is 1. The largest absolute Gasteiger partial charge is 0.487 e. The highest BCUT2D eigenvalue weighted by molar-refractivity contribution is 5.96. The summed E-state index contributed by atoms with van der Waals surface area (Å²) in [6, 6.07) is 7.43. The molecule has 2 aromatic rings. The number of carbonyl (C=O) groups excluding carboxylic acids is 1. The molecule has 2 atom stereocenters. The molecule has 1 aromatic heterocycles. The molecule has 114 valence electrons. The van der Waals surface area contributed by atoms with Gasteiger partial charge in [0.2, 0.25) is 5.91 Å². The third kappa shape index (κ3) is 2.25. The second-order valence-corrected chi connectivity index (χ2v) is 5.86. The first-order chi connectivity index (χ1) is 10.7. The van der Waals surface area contributed by atoms with Gasteiger partial charge in [0.05, 0.1) is 18.3 Å². The Morgan fingerprint density at radius 1 is 1.41 bits per heavy atom. The number of anilines is 1. The van der Waals surface area contributed by atoms with Gasteiger partial charge < -0.3 is 14.6 Å². The van der Waals surface area contributed by atoms with Gasteiger partial charge in [0, 0.05) is 32.4 Å². The smallest absolute Gasteiger partial charge is 0.241 e. The lowest BCUT2D eigenvalue weighted by atomic mass is 10.1. The van der Waals surface area contributed by atoms with Gasteiger partial charge in [-0.05, 0) is 12.1 Å². The zero-order valence-corrected chi connectivity index (χ0v) is 12.4. The number of fused-ring (bicyclic) bond motifs is 3. The summed E-state index contributed by atoms with van der Waals surface area (Å²) in [6.07, 6.45) is 4.45. The standard InChI is InChI=1S/C16H18N4O2/c1-19-7-6-17-15(19)10-20-9-11-8-13(20)16(21)18-12-4-2-3-5-14(12)22-11/h2-7,11,13H,8-10H2,1H3,(H,18,21)/t11-,13-/m0/s1. The molecule has 0 aliphatic carbocycles. The van der Waals surface area contributed by atoms with Crippen molar-refractivity contribution in [3.8, 4) is 5.75 Å². The minimum absolute atomic E-state index is 0.0347. The van der Waals surface area contributed by atoms with Crippen molar-refractivity contribution in [2.45, 2.75) is 25.1 Å². The van der Waals surface area contributed by atoms with Gasteiger partial charge in [0.1, 0.15) is 17.7 Å². The minimum atomic E-state index is -0.171. The Labute approximate surface area is 128 Å². The second kappa shape index (κ2) is 5.14. The highest BCUT2D eigenvalue weighted by atomic mass is 16.5. The Morgan fingerprint density at radius 2 is 2.27 bits per heavy atom. The summed E-state index contributed by atoms with van der Waals surface area (Å²) in [7, 11) is 1.97. The maximum atomic E-state index is 12.6. The van der Waals surface area contributed by atoms with E-state index in [1.807, 2.05) is 42.1 Å². The van der Waals surface area contributed by atoms with Crippen molar-refractivity contribution in [3.63, 3.8) is 0 Å². The summed E-state index contributed by atoms with van der Waals surface area (Å²) in [5, 5.41) is 2.98. The third-order valence-electron chi connectivity index (χ3n) is 4.37. The van der Waals surface area contributed by atoms with Crippen LogP contribution in [0.1, 0.15) is 12.2 Å². The zero-order chi connectivity index (χ0) is 15.1. The number of nitrogens with one attached hydrogen (secondary N) is 1. The minimum Gasteiger partial charge on any atom is -0.487 e. The summed E-state index contributed by atoms with van der Waals surface area (Å²) in [4.78, 5) is 19.1. The van der Waals surface area contributed by atoms with Crippen molar-refractivity contribution in [2.24, 2.45) is 7.05 Å². The molecular weight excluding hydrogens is 280 g/mol. The Bertz CT molecular complexity index is 712. The van der Waals surface area contributed by atoms with Crippen LogP contribution < -0.4 is 10.1 Å². The summed E-state index contributed by atoms with van der Waals surface area (Å²) in [5.41, 5.74) is 0.751. The fourth-order valence-corrected chi connectivity index (χ4v) is 3.19. The van der Waals surface area contributed by atoms with Gasteiger partial charge in [0.25, 0.3) is 0 Å². The van der Waals surface area contributed by atoms with Crippen LogP contribution in [0.4, 0.5) is 5.69 Å². The number of benzene rings is 1. The van der Waals surface area contributed by atoms with Gasteiger partial charge in [-0.25, -0.2) is 4.98 Å². The van der Waals surface area contributed by atoms with E-state index in [0.717, 1.165) is 23.8 Å². The molecule has 6 nitrogen and oxygen atoms in total. The fraction of sp³-hybridized carbons (Fsp3) is 0.375. The average Bonchev–Trinajstić information content (AvgIpc) is 3.08. The van der Waals surface area contributed by atoms with E-state index in [4.69, 9.17) is 4.74 Å².